The van der Waals surface area contributed by atoms with E-state index in [0.717, 1.165) is 29.7 Å². The third kappa shape index (κ3) is 3.63. The molecule has 0 spiro atoms. The maximum Gasteiger partial charge on any atom is 0.256 e. The fraction of sp³-hybridized carbons (Fsp3) is 0.450. The highest BCUT2D eigenvalue weighted by atomic mass is 19.4. The summed E-state index contributed by atoms with van der Waals surface area (Å²) >= 11 is 0. The van der Waals surface area contributed by atoms with Crippen LogP contribution in [0.5, 0.6) is 0 Å². The minimum absolute atomic E-state index is 0.00872. The van der Waals surface area contributed by atoms with E-state index in [9.17, 15) is 13.8 Å². The SMILES string of the molecule is CCc1ccc(N(F)F)c(C(=O)N2Cc3cnc(NC4CCCC4)nc3C2)c1. The third-order valence-corrected chi connectivity index (χ3v) is 5.51. The standard InChI is InChI=1S/C20H23F2N5O/c1-2-13-7-8-18(27(21)22)16(9-13)19(28)26-11-14-10-23-20(25-17(14)12-26)24-15-5-3-4-6-15/h7-10,15H,2-6,11-12H2,1H3,(H,23,24,25). The second-order valence-electron chi connectivity index (χ2n) is 7.39. The molecule has 148 valence electrons. The molecule has 0 radical (unpaired) electrons. The van der Waals surface area contributed by atoms with Crippen molar-refractivity contribution in [3.8, 4) is 0 Å². The van der Waals surface area contributed by atoms with Gasteiger partial charge >= 0.3 is 0 Å². The highest BCUT2D eigenvalue weighted by molar-refractivity contribution is 6.00. The van der Waals surface area contributed by atoms with E-state index >= 15 is 0 Å². The van der Waals surface area contributed by atoms with Crippen molar-refractivity contribution in [2.24, 2.45) is 0 Å². The summed E-state index contributed by atoms with van der Waals surface area (Å²) in [5, 5.41) is 2.35. The molecule has 1 fully saturated rings. The Morgan fingerprint density at radius 1 is 1.29 bits per heavy atom. The van der Waals surface area contributed by atoms with Crippen LogP contribution in [0.4, 0.5) is 20.6 Å². The van der Waals surface area contributed by atoms with Crippen LogP contribution < -0.4 is 10.7 Å². The van der Waals surface area contributed by atoms with Gasteiger partial charge in [0.05, 0.1) is 17.8 Å². The summed E-state index contributed by atoms with van der Waals surface area (Å²) in [5.74, 6) is 0.154. The summed E-state index contributed by atoms with van der Waals surface area (Å²) in [6, 6.07) is 4.85. The lowest BCUT2D eigenvalue weighted by Crippen LogP contribution is -2.26. The minimum atomic E-state index is -1.00. The van der Waals surface area contributed by atoms with Crippen molar-refractivity contribution in [1.29, 1.82) is 0 Å². The number of rotatable bonds is 5. The molecule has 4 rings (SSSR count). The zero-order chi connectivity index (χ0) is 19.7. The van der Waals surface area contributed by atoms with Crippen molar-refractivity contribution in [2.75, 3.05) is 10.7 Å². The maximum absolute atomic E-state index is 13.3. The predicted molar refractivity (Wildman–Crippen MR) is 102 cm³/mol. The number of hydrogen-bond acceptors (Lipinski definition) is 5. The van der Waals surface area contributed by atoms with Crippen LogP contribution >= 0.6 is 0 Å². The lowest BCUT2D eigenvalue weighted by atomic mass is 10.1. The van der Waals surface area contributed by atoms with Gasteiger partial charge in [-0.2, -0.15) is 0 Å². The number of carbonyl (C=O) groups is 1. The first-order chi connectivity index (χ1) is 13.5. The number of amides is 1. The molecule has 0 unspecified atom stereocenters. The second kappa shape index (κ2) is 7.69. The van der Waals surface area contributed by atoms with Gasteiger partial charge in [0.1, 0.15) is 5.69 Å². The molecular weight excluding hydrogens is 364 g/mol. The van der Waals surface area contributed by atoms with Crippen LogP contribution in [0.25, 0.3) is 0 Å². The van der Waals surface area contributed by atoms with Gasteiger partial charge < -0.3 is 10.2 Å². The Kier molecular flexibility index (Phi) is 5.11. The molecular formula is C20H23F2N5O. The zero-order valence-corrected chi connectivity index (χ0v) is 15.8. The van der Waals surface area contributed by atoms with Gasteiger partial charge in [0.25, 0.3) is 5.91 Å². The van der Waals surface area contributed by atoms with Gasteiger partial charge in [0.15, 0.2) is 0 Å². The van der Waals surface area contributed by atoms with Gasteiger partial charge in [-0.15, -0.1) is 0 Å². The molecule has 2 heterocycles. The van der Waals surface area contributed by atoms with Crippen LogP contribution in [-0.2, 0) is 19.5 Å². The van der Waals surface area contributed by atoms with E-state index in [1.807, 2.05) is 6.92 Å². The summed E-state index contributed by atoms with van der Waals surface area (Å²) in [4.78, 5) is 23.4. The van der Waals surface area contributed by atoms with Crippen molar-refractivity contribution in [3.05, 3.63) is 46.8 Å². The first-order valence-corrected chi connectivity index (χ1v) is 9.70. The van der Waals surface area contributed by atoms with Crippen molar-refractivity contribution in [3.63, 3.8) is 0 Å². The van der Waals surface area contributed by atoms with Crippen molar-refractivity contribution >= 4 is 17.5 Å². The van der Waals surface area contributed by atoms with Gasteiger partial charge in [-0.3, -0.25) is 4.79 Å². The molecule has 0 saturated heterocycles. The molecule has 6 nitrogen and oxygen atoms in total. The number of aryl methyl sites for hydroxylation is 1. The van der Waals surface area contributed by atoms with Crippen molar-refractivity contribution in [2.45, 2.75) is 58.2 Å². The molecule has 2 aromatic rings. The molecule has 1 aromatic carbocycles. The van der Waals surface area contributed by atoms with E-state index in [4.69, 9.17) is 0 Å². The summed E-state index contributed by atoms with van der Waals surface area (Å²) in [6.07, 6.45) is 7.05. The van der Waals surface area contributed by atoms with Crippen LogP contribution in [0.1, 0.15) is 59.8 Å². The number of hydrogen-bond donors (Lipinski definition) is 1. The number of nitrogens with zero attached hydrogens (tertiary/aromatic N) is 4. The number of nitrogens with one attached hydrogen (secondary N) is 1. The van der Waals surface area contributed by atoms with E-state index in [2.05, 4.69) is 15.3 Å². The molecule has 28 heavy (non-hydrogen) atoms. The van der Waals surface area contributed by atoms with Gasteiger partial charge in [-0.1, -0.05) is 34.8 Å². The second-order valence-corrected chi connectivity index (χ2v) is 7.39. The smallest absolute Gasteiger partial charge is 0.256 e. The lowest BCUT2D eigenvalue weighted by Gasteiger charge is -2.18. The number of fused-ring (bicyclic) bond motifs is 1. The van der Waals surface area contributed by atoms with E-state index in [-0.39, 0.29) is 11.3 Å². The quantitative estimate of drug-likeness (QED) is 0.782. The average molecular weight is 387 g/mol. The van der Waals surface area contributed by atoms with E-state index in [1.54, 1.807) is 23.2 Å². The molecule has 1 amide bonds. The summed E-state index contributed by atoms with van der Waals surface area (Å²) in [6.45, 7) is 2.54. The van der Waals surface area contributed by atoms with Gasteiger partial charge in [0.2, 0.25) is 5.95 Å². The summed E-state index contributed by atoms with van der Waals surface area (Å²) in [7, 11) is 0. The van der Waals surface area contributed by atoms with Gasteiger partial charge in [-0.25, -0.2) is 9.97 Å². The molecule has 1 aliphatic heterocycles. The molecule has 8 heteroatoms. The lowest BCUT2D eigenvalue weighted by molar-refractivity contribution is 0.0748. The Morgan fingerprint density at radius 3 is 2.79 bits per heavy atom. The van der Waals surface area contributed by atoms with Crippen LogP contribution in [0.3, 0.4) is 0 Å². The molecule has 1 saturated carbocycles. The van der Waals surface area contributed by atoms with Gasteiger partial charge in [0, 0.05) is 24.3 Å². The van der Waals surface area contributed by atoms with Crippen LogP contribution in [0, 0.1) is 0 Å². The summed E-state index contributed by atoms with van der Waals surface area (Å²) in [5.41, 5.74) is 2.10. The normalized spacial score (nSPS) is 16.3. The number of carbonyl (C=O) groups excluding carboxylic acids is 1. The minimum Gasteiger partial charge on any atom is -0.351 e. The molecule has 1 N–H and O–H groups in total. The first kappa shape index (κ1) is 18.6. The zero-order valence-electron chi connectivity index (χ0n) is 15.8. The highest BCUT2D eigenvalue weighted by Gasteiger charge is 2.29. The van der Waals surface area contributed by atoms with Crippen LogP contribution in [0.15, 0.2) is 24.4 Å². The number of anilines is 2. The number of aromatic nitrogens is 2. The fourth-order valence-electron chi connectivity index (χ4n) is 3.91. The Morgan fingerprint density at radius 2 is 2.07 bits per heavy atom. The van der Waals surface area contributed by atoms with Gasteiger partial charge in [-0.05, 0) is 42.3 Å². The van der Waals surface area contributed by atoms with E-state index in [1.165, 1.54) is 18.9 Å². The summed E-state index contributed by atoms with van der Waals surface area (Å²) < 4.78 is 26.5. The number of halogens is 2. The Bertz CT molecular complexity index is 883. The van der Waals surface area contributed by atoms with Crippen LogP contribution in [0.2, 0.25) is 0 Å². The van der Waals surface area contributed by atoms with E-state index in [0.29, 0.717) is 31.5 Å². The Hall–Kier alpha value is -2.77. The Labute approximate surface area is 162 Å². The third-order valence-electron chi connectivity index (χ3n) is 5.51. The molecule has 0 atom stereocenters. The predicted octanol–water partition coefficient (Wildman–Crippen LogP) is 4.12. The maximum atomic E-state index is 13.3. The van der Waals surface area contributed by atoms with E-state index < -0.39 is 11.3 Å². The topological polar surface area (TPSA) is 61.4 Å². The molecule has 0 bridgehead atoms. The number of benzene rings is 1. The Balaban J connectivity index is 1.53. The largest absolute Gasteiger partial charge is 0.351 e. The highest BCUT2D eigenvalue weighted by Crippen LogP contribution is 2.29. The molecule has 2 aliphatic rings. The van der Waals surface area contributed by atoms with Crippen molar-refractivity contribution < 1.29 is 13.8 Å². The average Bonchev–Trinajstić information content (AvgIpc) is 3.36. The van der Waals surface area contributed by atoms with Crippen LogP contribution in [-0.4, -0.2) is 26.8 Å². The molecule has 1 aliphatic carbocycles. The first-order valence-electron chi connectivity index (χ1n) is 9.70. The monoisotopic (exact) mass is 387 g/mol. The fourth-order valence-corrected chi connectivity index (χ4v) is 3.91. The molecule has 1 aromatic heterocycles. The van der Waals surface area contributed by atoms with Crippen molar-refractivity contribution in [1.82, 2.24) is 14.9 Å².